The van der Waals surface area contributed by atoms with E-state index >= 15 is 0 Å². The normalized spacial score (nSPS) is 11.9. The Balaban J connectivity index is 4.10. The van der Waals surface area contributed by atoms with Crippen LogP contribution in [0.5, 0.6) is 0 Å². The molecule has 18 heavy (non-hydrogen) atoms. The fourth-order valence-corrected chi connectivity index (χ4v) is 2.23. The number of hydrogen-bond donors (Lipinski definition) is 1. The first-order chi connectivity index (χ1) is 8.65. The van der Waals surface area contributed by atoms with Gasteiger partial charge in [-0.1, -0.05) is 0 Å². The zero-order valence-electron chi connectivity index (χ0n) is 11.0. The average molecular weight is 278 g/mol. The summed E-state index contributed by atoms with van der Waals surface area (Å²) in [5, 5.41) is 8.70. The van der Waals surface area contributed by atoms with Gasteiger partial charge in [0, 0.05) is 17.9 Å². The van der Waals surface area contributed by atoms with E-state index in [2.05, 4.69) is 0 Å². The van der Waals surface area contributed by atoms with Crippen molar-refractivity contribution in [3.63, 3.8) is 0 Å². The Morgan fingerprint density at radius 3 is 2.44 bits per heavy atom. The molecule has 0 rings (SSSR count). The minimum Gasteiger partial charge on any atom is -0.466 e. The van der Waals surface area contributed by atoms with Crippen molar-refractivity contribution in [1.29, 1.82) is 0 Å². The van der Waals surface area contributed by atoms with Gasteiger partial charge in [0.1, 0.15) is 0 Å². The maximum absolute atomic E-state index is 11.7. The number of ether oxygens (including phenoxy) is 2. The van der Waals surface area contributed by atoms with Gasteiger partial charge in [-0.25, -0.2) is 0 Å². The summed E-state index contributed by atoms with van der Waals surface area (Å²) in [5.74, 6) is 0.241. The van der Waals surface area contributed by atoms with E-state index in [1.807, 2.05) is 0 Å². The molecule has 0 spiro atoms. The molecule has 5 nitrogen and oxygen atoms in total. The van der Waals surface area contributed by atoms with Crippen molar-refractivity contribution in [2.24, 2.45) is 5.92 Å². The second-order valence-electron chi connectivity index (χ2n) is 3.59. The van der Waals surface area contributed by atoms with Crippen LogP contribution < -0.4 is 0 Å². The van der Waals surface area contributed by atoms with Gasteiger partial charge in [-0.3, -0.25) is 9.59 Å². The fraction of sp³-hybridized carbons (Fsp3) is 0.833. The highest BCUT2D eigenvalue weighted by atomic mass is 32.2. The molecular formula is C12H22O5S. The SMILES string of the molecule is CCOC(=O)CCC(CSCCO)C(=O)OCC. The highest BCUT2D eigenvalue weighted by Crippen LogP contribution is 2.16. The quantitative estimate of drug-likeness (QED) is 0.479. The Hall–Kier alpha value is -0.750. The number of carbonyl (C=O) groups is 2. The van der Waals surface area contributed by atoms with Crippen LogP contribution in [0.2, 0.25) is 0 Å². The zero-order chi connectivity index (χ0) is 13.8. The van der Waals surface area contributed by atoms with Gasteiger partial charge in [0.2, 0.25) is 0 Å². The van der Waals surface area contributed by atoms with Gasteiger partial charge in [-0.2, -0.15) is 11.8 Å². The molecule has 0 amide bonds. The highest BCUT2D eigenvalue weighted by molar-refractivity contribution is 7.99. The van der Waals surface area contributed by atoms with E-state index in [1.165, 1.54) is 11.8 Å². The summed E-state index contributed by atoms with van der Waals surface area (Å²) in [5.41, 5.74) is 0. The van der Waals surface area contributed by atoms with E-state index in [-0.39, 0.29) is 30.9 Å². The fourth-order valence-electron chi connectivity index (χ4n) is 1.34. The van der Waals surface area contributed by atoms with Crippen molar-refractivity contribution >= 4 is 23.7 Å². The smallest absolute Gasteiger partial charge is 0.309 e. The van der Waals surface area contributed by atoms with Crippen LogP contribution in [-0.2, 0) is 19.1 Å². The number of aliphatic hydroxyl groups excluding tert-OH is 1. The lowest BCUT2D eigenvalue weighted by molar-refractivity contribution is -0.148. The van der Waals surface area contributed by atoms with E-state index in [1.54, 1.807) is 13.8 Å². The summed E-state index contributed by atoms with van der Waals surface area (Å²) in [4.78, 5) is 22.9. The summed E-state index contributed by atoms with van der Waals surface area (Å²) in [6.45, 7) is 4.26. The van der Waals surface area contributed by atoms with Crippen LogP contribution >= 0.6 is 11.8 Å². The molecule has 0 aromatic carbocycles. The summed E-state index contributed by atoms with van der Waals surface area (Å²) in [6, 6.07) is 0. The standard InChI is InChI=1S/C12H22O5S/c1-3-16-11(14)6-5-10(9-18-8-7-13)12(15)17-4-2/h10,13H,3-9H2,1-2H3. The van der Waals surface area contributed by atoms with E-state index in [4.69, 9.17) is 14.6 Å². The van der Waals surface area contributed by atoms with Gasteiger partial charge in [0.15, 0.2) is 0 Å². The molecular weight excluding hydrogens is 256 g/mol. The summed E-state index contributed by atoms with van der Waals surface area (Å²) >= 11 is 1.48. The molecule has 0 aliphatic rings. The third-order valence-electron chi connectivity index (χ3n) is 2.18. The molecule has 0 aromatic heterocycles. The highest BCUT2D eigenvalue weighted by Gasteiger charge is 2.21. The van der Waals surface area contributed by atoms with Crippen LogP contribution in [0.4, 0.5) is 0 Å². The molecule has 0 fully saturated rings. The molecule has 0 radical (unpaired) electrons. The van der Waals surface area contributed by atoms with Crippen molar-refractivity contribution in [2.45, 2.75) is 26.7 Å². The molecule has 0 aliphatic heterocycles. The van der Waals surface area contributed by atoms with Crippen molar-refractivity contribution in [3.05, 3.63) is 0 Å². The molecule has 0 aromatic rings. The summed E-state index contributed by atoms with van der Waals surface area (Å²) in [6.07, 6.45) is 0.646. The van der Waals surface area contributed by atoms with Crippen LogP contribution in [-0.4, -0.2) is 48.4 Å². The maximum atomic E-state index is 11.7. The van der Waals surface area contributed by atoms with Gasteiger partial charge < -0.3 is 14.6 Å². The minimum atomic E-state index is -0.314. The van der Waals surface area contributed by atoms with Crippen LogP contribution in [0.3, 0.4) is 0 Å². The lowest BCUT2D eigenvalue weighted by Gasteiger charge is -2.14. The van der Waals surface area contributed by atoms with Crippen molar-refractivity contribution in [1.82, 2.24) is 0 Å². The van der Waals surface area contributed by atoms with Crippen LogP contribution in [0.1, 0.15) is 26.7 Å². The first kappa shape index (κ1) is 17.2. The van der Waals surface area contributed by atoms with E-state index in [0.717, 1.165) is 0 Å². The second-order valence-corrected chi connectivity index (χ2v) is 4.74. The second kappa shape index (κ2) is 11.3. The topological polar surface area (TPSA) is 72.8 Å². The Morgan fingerprint density at radius 1 is 1.22 bits per heavy atom. The van der Waals surface area contributed by atoms with Crippen molar-refractivity contribution in [2.75, 3.05) is 31.3 Å². The monoisotopic (exact) mass is 278 g/mol. The van der Waals surface area contributed by atoms with Crippen LogP contribution in [0, 0.1) is 5.92 Å². The molecule has 106 valence electrons. The predicted octanol–water partition coefficient (Wildman–Crippen LogP) is 1.23. The van der Waals surface area contributed by atoms with Gasteiger partial charge in [-0.05, 0) is 20.3 Å². The number of thioether (sulfide) groups is 1. The molecule has 0 saturated carbocycles. The number of esters is 2. The van der Waals surface area contributed by atoms with Crippen molar-refractivity contribution < 1.29 is 24.2 Å². The van der Waals surface area contributed by atoms with E-state index in [9.17, 15) is 9.59 Å². The number of carbonyl (C=O) groups excluding carboxylic acids is 2. The zero-order valence-corrected chi connectivity index (χ0v) is 11.8. The maximum Gasteiger partial charge on any atom is 0.309 e. The Labute approximate surface area is 112 Å². The Morgan fingerprint density at radius 2 is 1.89 bits per heavy atom. The van der Waals surface area contributed by atoms with Crippen LogP contribution in [0.15, 0.2) is 0 Å². The van der Waals surface area contributed by atoms with E-state index < -0.39 is 0 Å². The summed E-state index contributed by atoms with van der Waals surface area (Å²) < 4.78 is 9.78. The molecule has 0 saturated heterocycles. The molecule has 0 aliphatic carbocycles. The van der Waals surface area contributed by atoms with Crippen LogP contribution in [0.25, 0.3) is 0 Å². The number of rotatable bonds is 10. The van der Waals surface area contributed by atoms with Gasteiger partial charge >= 0.3 is 11.9 Å². The number of aliphatic hydroxyl groups is 1. The predicted molar refractivity (Wildman–Crippen MR) is 70.4 cm³/mol. The molecule has 0 heterocycles. The van der Waals surface area contributed by atoms with Crippen molar-refractivity contribution in [3.8, 4) is 0 Å². The molecule has 0 bridgehead atoms. The molecule has 1 N–H and O–H groups in total. The minimum absolute atomic E-state index is 0.0814. The molecule has 1 unspecified atom stereocenters. The average Bonchev–Trinajstić information content (AvgIpc) is 2.34. The molecule has 1 atom stereocenters. The third kappa shape index (κ3) is 8.36. The van der Waals surface area contributed by atoms with E-state index in [0.29, 0.717) is 31.1 Å². The first-order valence-corrected chi connectivity index (χ1v) is 7.32. The van der Waals surface area contributed by atoms with Gasteiger partial charge in [-0.15, -0.1) is 0 Å². The largest absolute Gasteiger partial charge is 0.466 e. The summed E-state index contributed by atoms with van der Waals surface area (Å²) in [7, 11) is 0. The Kier molecular flexibility index (Phi) is 10.9. The lowest BCUT2D eigenvalue weighted by atomic mass is 10.1. The first-order valence-electron chi connectivity index (χ1n) is 6.16. The molecule has 6 heteroatoms. The lowest BCUT2D eigenvalue weighted by Crippen LogP contribution is -2.22. The third-order valence-corrected chi connectivity index (χ3v) is 3.29. The van der Waals surface area contributed by atoms with Gasteiger partial charge in [0.25, 0.3) is 0 Å². The van der Waals surface area contributed by atoms with Gasteiger partial charge in [0.05, 0.1) is 25.7 Å². The number of hydrogen-bond acceptors (Lipinski definition) is 6. The Bertz CT molecular complexity index is 245.